The Bertz CT molecular complexity index is 475. The molecule has 0 rings (SSSR count). The van der Waals surface area contributed by atoms with E-state index in [1.807, 2.05) is 0 Å². The summed E-state index contributed by atoms with van der Waals surface area (Å²) in [5, 5.41) is 35.5. The Labute approximate surface area is 137 Å². The maximum absolute atomic E-state index is 11.4. The van der Waals surface area contributed by atoms with Crippen molar-refractivity contribution < 1.29 is 49.2 Å². The Kier molecular flexibility index (Phi) is 8.91. The van der Waals surface area contributed by atoms with Crippen LogP contribution in [0.25, 0.3) is 0 Å². The van der Waals surface area contributed by atoms with E-state index in [4.69, 9.17) is 5.11 Å². The molecule has 0 atom stereocenters. The van der Waals surface area contributed by atoms with Crippen molar-refractivity contribution in [3.05, 3.63) is 30.3 Å². The lowest BCUT2D eigenvalue weighted by molar-refractivity contribution is -0.782. The number of carboxylic acids is 1. The van der Waals surface area contributed by atoms with Gasteiger partial charge >= 0.3 is 11.9 Å². The van der Waals surface area contributed by atoms with Gasteiger partial charge in [-0.15, -0.1) is 30.3 Å². The second kappa shape index (κ2) is 10.3. The number of esters is 1. The van der Waals surface area contributed by atoms with Crippen LogP contribution in [0.5, 0.6) is 0 Å². The average Bonchev–Trinajstić information content (AvgIpc) is 2.51. The van der Waals surface area contributed by atoms with Gasteiger partial charge in [-0.2, -0.15) is 0 Å². The summed E-state index contributed by atoms with van der Waals surface area (Å²) in [6, 6.07) is 0. The second-order valence-corrected chi connectivity index (χ2v) is 4.55. The van der Waals surface area contributed by atoms with Crippen molar-refractivity contribution in [3.63, 3.8) is 0 Å². The van der Waals surface area contributed by atoms with Crippen LogP contribution >= 0.6 is 0 Å². The monoisotopic (exact) mass is 371 g/mol. The number of hydrogen-bond acceptors (Lipinski definition) is 12. The number of ether oxygens (including phenoxy) is 1. The van der Waals surface area contributed by atoms with E-state index in [9.17, 15) is 39.9 Å². The molecule has 16 nitrogen and oxygen atoms in total. The van der Waals surface area contributed by atoms with E-state index in [0.717, 1.165) is 0 Å². The third-order valence-electron chi connectivity index (χ3n) is 2.51. The van der Waals surface area contributed by atoms with Crippen molar-refractivity contribution in [3.8, 4) is 0 Å². The molecular formula is C9H13N3O13. The molecule has 0 aliphatic carbocycles. The van der Waals surface area contributed by atoms with E-state index in [1.54, 1.807) is 0 Å². The van der Waals surface area contributed by atoms with E-state index >= 15 is 0 Å². The van der Waals surface area contributed by atoms with Gasteiger partial charge in [-0.1, -0.05) is 0 Å². The predicted octanol–water partition coefficient (Wildman–Crippen LogP) is -0.994. The molecule has 0 fully saturated rings. The topological polar surface area (TPSA) is 221 Å². The van der Waals surface area contributed by atoms with Crippen molar-refractivity contribution in [1.82, 2.24) is 0 Å². The molecule has 0 saturated heterocycles. The Morgan fingerprint density at radius 3 is 1.52 bits per heavy atom. The molecule has 0 amide bonds. The first-order valence-electron chi connectivity index (χ1n) is 6.26. The molecule has 0 aliphatic heterocycles. The highest BCUT2D eigenvalue weighted by Gasteiger charge is 2.37. The number of rotatable bonds is 14. The normalized spacial score (nSPS) is 10.4. The molecule has 0 bridgehead atoms. The average molecular weight is 371 g/mol. The molecule has 0 aromatic heterocycles. The third kappa shape index (κ3) is 10.8. The number of aliphatic carboxylic acids is 1. The third-order valence-corrected chi connectivity index (χ3v) is 2.51. The van der Waals surface area contributed by atoms with Crippen molar-refractivity contribution >= 4 is 11.9 Å². The van der Waals surface area contributed by atoms with Crippen LogP contribution < -0.4 is 0 Å². The fraction of sp³-hybridized carbons (Fsp3) is 0.778. The van der Waals surface area contributed by atoms with Crippen molar-refractivity contribution in [1.29, 1.82) is 0 Å². The van der Waals surface area contributed by atoms with Gasteiger partial charge in [-0.05, 0) is 0 Å². The number of carbonyl (C=O) groups is 2. The van der Waals surface area contributed by atoms with Crippen LogP contribution in [0.3, 0.4) is 0 Å². The first-order chi connectivity index (χ1) is 11.6. The molecule has 0 aromatic carbocycles. The Balaban J connectivity index is 5.07. The molecule has 0 radical (unpaired) electrons. The Morgan fingerprint density at radius 2 is 1.20 bits per heavy atom. The predicted molar refractivity (Wildman–Crippen MR) is 69.1 cm³/mol. The van der Waals surface area contributed by atoms with Gasteiger partial charge in [0.15, 0.2) is 0 Å². The fourth-order valence-corrected chi connectivity index (χ4v) is 1.33. The molecule has 1 N–H and O–H groups in total. The number of carbonyl (C=O) groups excluding carboxylic acids is 1. The van der Waals surface area contributed by atoms with Gasteiger partial charge < -0.3 is 24.4 Å². The molecule has 0 saturated carbocycles. The molecule has 16 heteroatoms. The molecule has 0 aromatic rings. The largest absolute Gasteiger partial charge is 0.481 e. The van der Waals surface area contributed by atoms with E-state index < -0.39 is 71.9 Å². The summed E-state index contributed by atoms with van der Waals surface area (Å²) in [4.78, 5) is 64.7. The maximum Gasteiger partial charge on any atom is 0.306 e. The second-order valence-electron chi connectivity index (χ2n) is 4.55. The van der Waals surface area contributed by atoms with Crippen LogP contribution in [0.15, 0.2) is 0 Å². The van der Waals surface area contributed by atoms with Crippen LogP contribution in [-0.2, 0) is 28.8 Å². The summed E-state index contributed by atoms with van der Waals surface area (Å²) < 4.78 is 4.64. The van der Waals surface area contributed by atoms with Crippen LogP contribution in [0, 0.1) is 35.8 Å². The Hall–Kier alpha value is -3.46. The number of carboxylic acid groups (broad SMARTS) is 1. The van der Waals surface area contributed by atoms with Crippen molar-refractivity contribution in [2.45, 2.75) is 12.8 Å². The van der Waals surface area contributed by atoms with E-state index in [0.29, 0.717) is 0 Å². The van der Waals surface area contributed by atoms with Gasteiger partial charge in [0.25, 0.3) is 15.3 Å². The van der Waals surface area contributed by atoms with Gasteiger partial charge in [-0.25, -0.2) is 0 Å². The van der Waals surface area contributed by atoms with E-state index in [1.165, 1.54) is 0 Å². The molecule has 142 valence electrons. The molecular weight excluding hydrogens is 358 g/mol. The zero-order valence-electron chi connectivity index (χ0n) is 12.4. The van der Waals surface area contributed by atoms with Crippen molar-refractivity contribution in [2.24, 2.45) is 5.41 Å². The summed E-state index contributed by atoms with van der Waals surface area (Å²) in [6.45, 7) is -3.84. The standard InChI is InChI=1S/C9H13N3O13/c13-7(14)1-2-8(15)22-3-9(4-23-10(16)17,5-24-11(18)19)6-25-12(20)21/h1-6H2,(H,13,14). The van der Waals surface area contributed by atoms with E-state index in [2.05, 4.69) is 19.2 Å². The minimum atomic E-state index is -1.97. The lowest BCUT2D eigenvalue weighted by Crippen LogP contribution is -2.43. The highest BCUT2D eigenvalue weighted by atomic mass is 17.0. The zero-order valence-corrected chi connectivity index (χ0v) is 12.4. The van der Waals surface area contributed by atoms with Gasteiger partial charge in [0, 0.05) is 0 Å². The summed E-state index contributed by atoms with van der Waals surface area (Å²) >= 11 is 0. The Morgan fingerprint density at radius 1 is 0.800 bits per heavy atom. The van der Waals surface area contributed by atoms with Gasteiger partial charge in [0.2, 0.25) is 0 Å². The lowest BCUT2D eigenvalue weighted by atomic mass is 9.92. The molecule has 0 aliphatic rings. The molecule has 0 unspecified atom stereocenters. The van der Waals surface area contributed by atoms with Gasteiger partial charge in [-0.3, -0.25) is 9.59 Å². The molecule has 0 spiro atoms. The van der Waals surface area contributed by atoms with Crippen LogP contribution in [0.2, 0.25) is 0 Å². The van der Waals surface area contributed by atoms with E-state index in [-0.39, 0.29) is 0 Å². The first-order valence-corrected chi connectivity index (χ1v) is 6.26. The van der Waals surface area contributed by atoms with Crippen LogP contribution in [0.4, 0.5) is 0 Å². The zero-order chi connectivity index (χ0) is 19.5. The smallest absolute Gasteiger partial charge is 0.306 e. The minimum Gasteiger partial charge on any atom is -0.481 e. The van der Waals surface area contributed by atoms with Crippen LogP contribution in [0.1, 0.15) is 12.8 Å². The summed E-state index contributed by atoms with van der Waals surface area (Å²) in [6.07, 6.45) is -1.14. The maximum atomic E-state index is 11.4. The molecule has 0 heterocycles. The highest BCUT2D eigenvalue weighted by molar-refractivity contribution is 5.76. The number of nitrogens with zero attached hydrogens (tertiary/aromatic N) is 3. The fourth-order valence-electron chi connectivity index (χ4n) is 1.33. The van der Waals surface area contributed by atoms with Crippen molar-refractivity contribution in [2.75, 3.05) is 26.4 Å². The molecule has 25 heavy (non-hydrogen) atoms. The van der Waals surface area contributed by atoms with Crippen LogP contribution in [-0.4, -0.2) is 58.7 Å². The quantitative estimate of drug-likeness (QED) is 0.220. The highest BCUT2D eigenvalue weighted by Crippen LogP contribution is 2.21. The summed E-state index contributed by atoms with van der Waals surface area (Å²) in [5.74, 6) is -2.36. The number of hydrogen-bond donors (Lipinski definition) is 1. The first kappa shape index (κ1) is 21.5. The summed E-state index contributed by atoms with van der Waals surface area (Å²) in [5.41, 5.74) is -1.97. The van der Waals surface area contributed by atoms with Gasteiger partial charge in [0.1, 0.15) is 26.4 Å². The van der Waals surface area contributed by atoms with Gasteiger partial charge in [0.05, 0.1) is 18.3 Å². The summed E-state index contributed by atoms with van der Waals surface area (Å²) in [7, 11) is 0. The lowest BCUT2D eigenvalue weighted by Gasteiger charge is -2.29. The SMILES string of the molecule is O=C(O)CCC(=O)OCC(CO[N+](=O)[O-])(CO[N+](=O)[O-])CO[N+](=O)[O-]. The minimum absolute atomic E-state index is 0.562.